The number of likely N-dealkylation sites (tertiary alicyclic amines) is 1. The Hall–Kier alpha value is -1.36. The summed E-state index contributed by atoms with van der Waals surface area (Å²) in [5.41, 5.74) is 2.27. The second-order valence-corrected chi connectivity index (χ2v) is 5.95. The van der Waals surface area contributed by atoms with Gasteiger partial charge in [-0.15, -0.1) is 0 Å². The van der Waals surface area contributed by atoms with Crippen LogP contribution in [0.1, 0.15) is 30.5 Å². The van der Waals surface area contributed by atoms with Crippen LogP contribution in [-0.4, -0.2) is 38.3 Å². The van der Waals surface area contributed by atoms with Crippen molar-refractivity contribution >= 4 is 5.97 Å². The Kier molecular flexibility index (Phi) is 3.09. The van der Waals surface area contributed by atoms with Gasteiger partial charge in [0.1, 0.15) is 6.04 Å². The Balaban J connectivity index is 1.80. The van der Waals surface area contributed by atoms with E-state index >= 15 is 0 Å². The summed E-state index contributed by atoms with van der Waals surface area (Å²) in [4.78, 5) is 13.7. The lowest BCUT2D eigenvalue weighted by atomic mass is 9.94. The van der Waals surface area contributed by atoms with Crippen LogP contribution in [0.5, 0.6) is 0 Å². The highest BCUT2D eigenvalue weighted by atomic mass is 16.4. The summed E-state index contributed by atoms with van der Waals surface area (Å²) in [6.45, 7) is 3.68. The summed E-state index contributed by atoms with van der Waals surface area (Å²) in [5, 5.41) is 13.8. The molecule has 1 aromatic rings. The van der Waals surface area contributed by atoms with E-state index in [2.05, 4.69) is 10.00 Å². The van der Waals surface area contributed by atoms with Crippen LogP contribution < -0.4 is 0 Å². The second-order valence-electron chi connectivity index (χ2n) is 5.95. The van der Waals surface area contributed by atoms with Crippen molar-refractivity contribution in [1.29, 1.82) is 0 Å². The molecule has 2 fully saturated rings. The van der Waals surface area contributed by atoms with Crippen LogP contribution in [0.25, 0.3) is 0 Å². The van der Waals surface area contributed by atoms with Crippen LogP contribution in [0.15, 0.2) is 6.20 Å². The number of fused-ring (bicyclic) bond motifs is 1. The molecular formula is C14H21N3O2. The number of carboxylic acids is 1. The molecule has 1 N–H and O–H groups in total. The van der Waals surface area contributed by atoms with Crippen LogP contribution >= 0.6 is 0 Å². The molecule has 5 nitrogen and oxygen atoms in total. The van der Waals surface area contributed by atoms with Crippen LogP contribution in [-0.2, 0) is 18.4 Å². The molecule has 1 saturated carbocycles. The third kappa shape index (κ3) is 2.06. The predicted octanol–water partition coefficient (Wildman–Crippen LogP) is 1.41. The lowest BCUT2D eigenvalue weighted by Gasteiger charge is -2.23. The largest absolute Gasteiger partial charge is 0.480 e. The number of aliphatic carboxylic acids is 1. The zero-order chi connectivity index (χ0) is 13.6. The standard InChI is InChI=1S/C14H21N3O2/c1-9-11(6-15-16(9)2)8-17-7-10-4-3-5-12(10)13(17)14(18)19/h6,10,12-13H,3-5,7-8H2,1-2H3,(H,18,19). The molecule has 1 aliphatic carbocycles. The average molecular weight is 263 g/mol. The van der Waals surface area contributed by atoms with Gasteiger partial charge >= 0.3 is 5.97 Å². The van der Waals surface area contributed by atoms with Crippen molar-refractivity contribution in [3.63, 3.8) is 0 Å². The molecule has 0 spiro atoms. The number of aryl methyl sites for hydroxylation is 1. The average Bonchev–Trinajstić information content (AvgIpc) is 2.99. The first-order valence-corrected chi connectivity index (χ1v) is 7.02. The third-order valence-electron chi connectivity index (χ3n) is 4.95. The maximum atomic E-state index is 11.6. The van der Waals surface area contributed by atoms with Crippen LogP contribution in [0.4, 0.5) is 0 Å². The van der Waals surface area contributed by atoms with Gasteiger partial charge in [0.15, 0.2) is 0 Å². The Labute approximate surface area is 113 Å². The maximum Gasteiger partial charge on any atom is 0.321 e. The van der Waals surface area contributed by atoms with Crippen LogP contribution in [0.3, 0.4) is 0 Å². The molecule has 0 bridgehead atoms. The minimum absolute atomic E-state index is 0.299. The summed E-state index contributed by atoms with van der Waals surface area (Å²) in [6.07, 6.45) is 5.32. The Morgan fingerprint density at radius 2 is 2.32 bits per heavy atom. The zero-order valence-corrected chi connectivity index (χ0v) is 11.5. The molecule has 0 radical (unpaired) electrons. The molecule has 1 saturated heterocycles. The first-order valence-electron chi connectivity index (χ1n) is 7.02. The van der Waals surface area contributed by atoms with Gasteiger partial charge in [0.2, 0.25) is 0 Å². The quantitative estimate of drug-likeness (QED) is 0.896. The number of hydrogen-bond donors (Lipinski definition) is 1. The van der Waals surface area contributed by atoms with Gasteiger partial charge in [-0.1, -0.05) is 6.42 Å². The van der Waals surface area contributed by atoms with Gasteiger partial charge in [0, 0.05) is 31.4 Å². The van der Waals surface area contributed by atoms with Crippen molar-refractivity contribution in [3.8, 4) is 0 Å². The van der Waals surface area contributed by atoms with E-state index in [9.17, 15) is 9.90 Å². The number of carboxylic acid groups (broad SMARTS) is 1. The van der Waals surface area contributed by atoms with Crippen molar-refractivity contribution in [2.75, 3.05) is 6.54 Å². The fourth-order valence-corrected chi connectivity index (χ4v) is 3.81. The van der Waals surface area contributed by atoms with Gasteiger partial charge in [-0.25, -0.2) is 0 Å². The van der Waals surface area contributed by atoms with E-state index in [-0.39, 0.29) is 6.04 Å². The lowest BCUT2D eigenvalue weighted by molar-refractivity contribution is -0.143. The van der Waals surface area contributed by atoms with E-state index in [4.69, 9.17) is 0 Å². The molecule has 104 valence electrons. The van der Waals surface area contributed by atoms with Gasteiger partial charge in [-0.2, -0.15) is 5.10 Å². The summed E-state index contributed by atoms with van der Waals surface area (Å²) >= 11 is 0. The SMILES string of the molecule is Cc1c(CN2CC3CCCC3C2C(=O)O)cnn1C. The van der Waals surface area contributed by atoms with E-state index in [1.807, 2.05) is 24.9 Å². The monoisotopic (exact) mass is 263 g/mol. The van der Waals surface area contributed by atoms with Gasteiger partial charge in [0.25, 0.3) is 0 Å². The number of aromatic nitrogens is 2. The second kappa shape index (κ2) is 4.63. The topological polar surface area (TPSA) is 58.4 Å². The van der Waals surface area contributed by atoms with Crippen molar-refractivity contribution in [2.45, 2.75) is 38.8 Å². The third-order valence-corrected chi connectivity index (χ3v) is 4.95. The lowest BCUT2D eigenvalue weighted by Crippen LogP contribution is -2.39. The number of nitrogens with zero attached hydrogens (tertiary/aromatic N) is 3. The van der Waals surface area contributed by atoms with E-state index in [0.717, 1.165) is 24.2 Å². The van der Waals surface area contributed by atoms with Crippen molar-refractivity contribution in [2.24, 2.45) is 18.9 Å². The fourth-order valence-electron chi connectivity index (χ4n) is 3.81. The van der Waals surface area contributed by atoms with Gasteiger partial charge in [0.05, 0.1) is 6.20 Å². The summed E-state index contributed by atoms with van der Waals surface area (Å²) in [6, 6.07) is -0.299. The van der Waals surface area contributed by atoms with Gasteiger partial charge in [-0.05, 0) is 31.6 Å². The molecule has 1 aromatic heterocycles. The maximum absolute atomic E-state index is 11.6. The molecule has 19 heavy (non-hydrogen) atoms. The zero-order valence-electron chi connectivity index (χ0n) is 11.5. The van der Waals surface area contributed by atoms with E-state index < -0.39 is 5.97 Å². The van der Waals surface area contributed by atoms with Crippen molar-refractivity contribution in [1.82, 2.24) is 14.7 Å². The van der Waals surface area contributed by atoms with Crippen molar-refractivity contribution < 1.29 is 9.90 Å². The molecule has 0 amide bonds. The fraction of sp³-hybridized carbons (Fsp3) is 0.714. The Morgan fingerprint density at radius 3 is 2.95 bits per heavy atom. The van der Waals surface area contributed by atoms with Crippen LogP contribution in [0.2, 0.25) is 0 Å². The molecule has 2 heterocycles. The normalized spacial score (nSPS) is 30.7. The number of hydrogen-bond acceptors (Lipinski definition) is 3. The van der Waals surface area contributed by atoms with Gasteiger partial charge < -0.3 is 5.11 Å². The molecule has 1 aliphatic heterocycles. The van der Waals surface area contributed by atoms with E-state index in [1.54, 1.807) is 0 Å². The molecular weight excluding hydrogens is 242 g/mol. The molecule has 3 rings (SSSR count). The summed E-state index contributed by atoms with van der Waals surface area (Å²) in [7, 11) is 1.92. The highest BCUT2D eigenvalue weighted by Crippen LogP contribution is 2.42. The molecule has 5 heteroatoms. The first-order chi connectivity index (χ1) is 9.08. The number of rotatable bonds is 3. The molecule has 2 aliphatic rings. The highest BCUT2D eigenvalue weighted by Gasteiger charge is 2.47. The van der Waals surface area contributed by atoms with E-state index in [0.29, 0.717) is 18.4 Å². The predicted molar refractivity (Wildman–Crippen MR) is 70.6 cm³/mol. The number of carbonyl (C=O) groups is 1. The van der Waals surface area contributed by atoms with Gasteiger partial charge in [-0.3, -0.25) is 14.4 Å². The smallest absolute Gasteiger partial charge is 0.321 e. The Morgan fingerprint density at radius 1 is 1.53 bits per heavy atom. The van der Waals surface area contributed by atoms with E-state index in [1.165, 1.54) is 12.8 Å². The molecule has 3 atom stereocenters. The Bertz CT molecular complexity index is 497. The van der Waals surface area contributed by atoms with Crippen LogP contribution in [0, 0.1) is 18.8 Å². The minimum Gasteiger partial charge on any atom is -0.480 e. The summed E-state index contributed by atoms with van der Waals surface area (Å²) < 4.78 is 1.85. The molecule has 3 unspecified atom stereocenters. The first kappa shape index (κ1) is 12.7. The summed E-state index contributed by atoms with van der Waals surface area (Å²) in [5.74, 6) is 0.281. The highest BCUT2D eigenvalue weighted by molar-refractivity contribution is 5.74. The minimum atomic E-state index is -0.657. The van der Waals surface area contributed by atoms with Crippen molar-refractivity contribution in [3.05, 3.63) is 17.5 Å². The molecule has 0 aromatic carbocycles.